The average molecular weight is 378 g/mol. The van der Waals surface area contributed by atoms with Crippen LogP contribution in [0.3, 0.4) is 0 Å². The fourth-order valence-corrected chi connectivity index (χ4v) is 3.39. The van der Waals surface area contributed by atoms with Crippen molar-refractivity contribution >= 4 is 23.2 Å². The Hall–Kier alpha value is -2.85. The Balaban J connectivity index is 1.38. The van der Waals surface area contributed by atoms with Crippen LogP contribution in [0.1, 0.15) is 27.2 Å². The van der Waals surface area contributed by atoms with Crippen LogP contribution in [0.5, 0.6) is 0 Å². The highest BCUT2D eigenvalue weighted by Crippen LogP contribution is 2.20. The molecule has 2 aromatic carbocycles. The summed E-state index contributed by atoms with van der Waals surface area (Å²) in [4.78, 5) is 19.0. The van der Waals surface area contributed by atoms with E-state index in [0.29, 0.717) is 18.8 Å². The van der Waals surface area contributed by atoms with Gasteiger partial charge in [0.1, 0.15) is 5.69 Å². The molecule has 1 N–H and O–H groups in total. The van der Waals surface area contributed by atoms with Gasteiger partial charge in [-0.05, 0) is 47.4 Å². The first-order valence-electron chi connectivity index (χ1n) is 8.99. The number of fused-ring (bicyclic) bond motifs is 1. The van der Waals surface area contributed by atoms with Gasteiger partial charge in [-0.25, -0.2) is 4.98 Å². The predicted octanol–water partition coefficient (Wildman–Crippen LogP) is 4.55. The number of nitrogens with one attached hydrogen (secondary N) is 1. The summed E-state index contributed by atoms with van der Waals surface area (Å²) in [5, 5.41) is 4.03. The van der Waals surface area contributed by atoms with Crippen LogP contribution in [0.25, 0.3) is 0 Å². The first-order valence-corrected chi connectivity index (χ1v) is 9.37. The number of carbonyl (C=O) groups excluding carboxylic acids is 1. The molecule has 1 aliphatic heterocycles. The molecule has 0 saturated carbocycles. The summed E-state index contributed by atoms with van der Waals surface area (Å²) >= 11 is 5.90. The zero-order chi connectivity index (χ0) is 18.6. The lowest BCUT2D eigenvalue weighted by Gasteiger charge is -2.28. The number of hydrogen-bond acceptors (Lipinski definition) is 3. The van der Waals surface area contributed by atoms with Gasteiger partial charge in [-0.2, -0.15) is 0 Å². The van der Waals surface area contributed by atoms with Crippen LogP contribution >= 0.6 is 11.6 Å². The predicted molar refractivity (Wildman–Crippen MR) is 108 cm³/mol. The molecule has 27 heavy (non-hydrogen) atoms. The molecule has 0 bridgehead atoms. The molecule has 4 rings (SSSR count). The van der Waals surface area contributed by atoms with E-state index in [1.807, 2.05) is 47.4 Å². The molecule has 2 heterocycles. The van der Waals surface area contributed by atoms with E-state index < -0.39 is 0 Å². The molecule has 0 aliphatic carbocycles. The van der Waals surface area contributed by atoms with Crippen molar-refractivity contribution < 1.29 is 4.79 Å². The number of nitrogens with zero attached hydrogens (tertiary/aromatic N) is 2. The Labute approximate surface area is 163 Å². The van der Waals surface area contributed by atoms with E-state index in [-0.39, 0.29) is 5.91 Å². The summed E-state index contributed by atoms with van der Waals surface area (Å²) in [5.74, 6) is -0.0197. The van der Waals surface area contributed by atoms with Crippen LogP contribution in [0.15, 0.2) is 66.9 Å². The quantitative estimate of drug-likeness (QED) is 0.725. The number of hydrogen-bond donors (Lipinski definition) is 1. The molecule has 0 radical (unpaired) electrons. The molecule has 0 spiro atoms. The second-order valence-electron chi connectivity index (χ2n) is 6.66. The van der Waals surface area contributed by atoms with Crippen LogP contribution in [0.2, 0.25) is 5.02 Å². The standard InChI is InChI=1S/C22H20ClN3O/c23-19-7-5-16(6-8-19)13-24-20-9-10-21(25-14-20)22(27)26-12-11-17-3-1-2-4-18(17)15-26/h1-10,14,24H,11-13,15H2. The molecule has 1 amide bonds. The maximum Gasteiger partial charge on any atom is 0.272 e. The van der Waals surface area contributed by atoms with Gasteiger partial charge >= 0.3 is 0 Å². The van der Waals surface area contributed by atoms with Crippen LogP contribution in [-0.2, 0) is 19.5 Å². The summed E-state index contributed by atoms with van der Waals surface area (Å²) in [5.41, 5.74) is 5.04. The fraction of sp³-hybridized carbons (Fsp3) is 0.182. The van der Waals surface area contributed by atoms with Crippen molar-refractivity contribution in [2.45, 2.75) is 19.5 Å². The molecule has 0 saturated heterocycles. The van der Waals surface area contributed by atoms with E-state index in [1.165, 1.54) is 11.1 Å². The molecule has 3 aromatic rings. The van der Waals surface area contributed by atoms with Crippen molar-refractivity contribution in [2.75, 3.05) is 11.9 Å². The number of aromatic nitrogens is 1. The Morgan fingerprint density at radius 2 is 1.81 bits per heavy atom. The minimum atomic E-state index is -0.0197. The van der Waals surface area contributed by atoms with Crippen LogP contribution in [-0.4, -0.2) is 22.3 Å². The summed E-state index contributed by atoms with van der Waals surface area (Å²) in [6.07, 6.45) is 2.60. The molecule has 4 nitrogen and oxygen atoms in total. The SMILES string of the molecule is O=C(c1ccc(NCc2ccc(Cl)cc2)cn1)N1CCc2ccccc2C1. The van der Waals surface area contributed by atoms with E-state index >= 15 is 0 Å². The van der Waals surface area contributed by atoms with Gasteiger partial charge in [-0.3, -0.25) is 4.79 Å². The van der Waals surface area contributed by atoms with Crippen molar-refractivity contribution in [3.05, 3.63) is 94.3 Å². The van der Waals surface area contributed by atoms with E-state index in [2.05, 4.69) is 22.4 Å². The fourth-order valence-electron chi connectivity index (χ4n) is 3.26. The number of carbonyl (C=O) groups is 1. The number of rotatable bonds is 4. The van der Waals surface area contributed by atoms with Crippen LogP contribution < -0.4 is 5.32 Å². The highest BCUT2D eigenvalue weighted by molar-refractivity contribution is 6.30. The van der Waals surface area contributed by atoms with Gasteiger partial charge in [0.2, 0.25) is 0 Å². The minimum Gasteiger partial charge on any atom is -0.380 e. The van der Waals surface area contributed by atoms with Crippen molar-refractivity contribution in [1.29, 1.82) is 0 Å². The highest BCUT2D eigenvalue weighted by atomic mass is 35.5. The van der Waals surface area contributed by atoms with Gasteiger partial charge < -0.3 is 10.2 Å². The summed E-state index contributed by atoms with van der Waals surface area (Å²) in [6.45, 7) is 2.05. The first-order chi connectivity index (χ1) is 13.2. The number of halogens is 1. The third-order valence-electron chi connectivity index (χ3n) is 4.81. The molecule has 5 heteroatoms. The lowest BCUT2D eigenvalue weighted by molar-refractivity contribution is 0.0729. The van der Waals surface area contributed by atoms with E-state index in [9.17, 15) is 4.79 Å². The second kappa shape index (κ2) is 7.80. The molecule has 136 valence electrons. The van der Waals surface area contributed by atoms with Gasteiger partial charge in [0, 0.05) is 24.7 Å². The molecule has 1 aliphatic rings. The number of pyridine rings is 1. The van der Waals surface area contributed by atoms with E-state index in [0.717, 1.165) is 29.2 Å². The van der Waals surface area contributed by atoms with Crippen LogP contribution in [0.4, 0.5) is 5.69 Å². The van der Waals surface area contributed by atoms with E-state index in [1.54, 1.807) is 12.3 Å². The lowest BCUT2D eigenvalue weighted by Crippen LogP contribution is -2.36. The number of anilines is 1. The van der Waals surface area contributed by atoms with Crippen molar-refractivity contribution in [2.24, 2.45) is 0 Å². The third kappa shape index (κ3) is 4.12. The van der Waals surface area contributed by atoms with Crippen molar-refractivity contribution in [1.82, 2.24) is 9.88 Å². The van der Waals surface area contributed by atoms with Crippen molar-refractivity contribution in [3.63, 3.8) is 0 Å². The Morgan fingerprint density at radius 1 is 1.04 bits per heavy atom. The Morgan fingerprint density at radius 3 is 2.56 bits per heavy atom. The molecule has 1 aromatic heterocycles. The Bertz CT molecular complexity index is 939. The smallest absolute Gasteiger partial charge is 0.272 e. The molecular weight excluding hydrogens is 358 g/mol. The first kappa shape index (κ1) is 17.6. The van der Waals surface area contributed by atoms with Gasteiger partial charge in [-0.15, -0.1) is 0 Å². The number of amides is 1. The van der Waals surface area contributed by atoms with Gasteiger partial charge in [0.25, 0.3) is 5.91 Å². The zero-order valence-corrected chi connectivity index (χ0v) is 15.6. The Kier molecular flexibility index (Phi) is 5.07. The van der Waals surface area contributed by atoms with Crippen LogP contribution in [0, 0.1) is 0 Å². The third-order valence-corrected chi connectivity index (χ3v) is 5.06. The maximum atomic E-state index is 12.8. The second-order valence-corrected chi connectivity index (χ2v) is 7.09. The minimum absolute atomic E-state index is 0.0197. The summed E-state index contributed by atoms with van der Waals surface area (Å²) in [6, 6.07) is 19.7. The zero-order valence-electron chi connectivity index (χ0n) is 14.9. The van der Waals surface area contributed by atoms with Gasteiger partial charge in [0.05, 0.1) is 11.9 Å². The van der Waals surface area contributed by atoms with Crippen molar-refractivity contribution in [3.8, 4) is 0 Å². The van der Waals surface area contributed by atoms with E-state index in [4.69, 9.17) is 11.6 Å². The summed E-state index contributed by atoms with van der Waals surface area (Å²) in [7, 11) is 0. The highest BCUT2D eigenvalue weighted by Gasteiger charge is 2.22. The summed E-state index contributed by atoms with van der Waals surface area (Å²) < 4.78 is 0. The largest absolute Gasteiger partial charge is 0.380 e. The van der Waals surface area contributed by atoms with Gasteiger partial charge in [0.15, 0.2) is 0 Å². The topological polar surface area (TPSA) is 45.2 Å². The maximum absolute atomic E-state index is 12.8. The molecule has 0 fully saturated rings. The molecule has 0 unspecified atom stereocenters. The lowest BCUT2D eigenvalue weighted by atomic mass is 10.00. The van der Waals surface area contributed by atoms with Gasteiger partial charge in [-0.1, -0.05) is 48.0 Å². The molecular formula is C22H20ClN3O. The average Bonchev–Trinajstić information content (AvgIpc) is 2.73. The monoisotopic (exact) mass is 377 g/mol. The molecule has 0 atom stereocenters. The normalized spacial score (nSPS) is 13.1. The number of benzene rings is 2.